The summed E-state index contributed by atoms with van der Waals surface area (Å²) in [6.45, 7) is 8.04. The number of likely N-dealkylation sites (N-methyl/N-ethyl adjacent to an activating group) is 1. The van der Waals surface area contributed by atoms with Gasteiger partial charge in [0.2, 0.25) is 5.91 Å². The van der Waals surface area contributed by atoms with Crippen LogP contribution >= 0.6 is 0 Å². The van der Waals surface area contributed by atoms with E-state index in [2.05, 4.69) is 5.32 Å². The normalized spacial score (nSPS) is 17.4. The molecule has 0 unspecified atom stereocenters. The molecule has 1 aliphatic rings. The van der Waals surface area contributed by atoms with Crippen LogP contribution in [0, 0.1) is 5.92 Å². The van der Waals surface area contributed by atoms with Crippen molar-refractivity contribution < 1.29 is 9.90 Å². The van der Waals surface area contributed by atoms with Crippen molar-refractivity contribution in [1.82, 2.24) is 10.2 Å². The molecular weight excluding hydrogens is 252 g/mol. The molecule has 1 fully saturated rings. The third-order valence-corrected chi connectivity index (χ3v) is 4.02. The molecule has 0 saturated heterocycles. The molecule has 1 saturated carbocycles. The molecule has 0 atom stereocenters. The smallest absolute Gasteiger partial charge is 0.234 e. The number of carbonyl (C=O) groups is 1. The van der Waals surface area contributed by atoms with Gasteiger partial charge in [-0.3, -0.25) is 9.69 Å². The lowest BCUT2D eigenvalue weighted by Crippen LogP contribution is -2.44. The van der Waals surface area contributed by atoms with Crippen LogP contribution in [-0.2, 0) is 4.79 Å². The predicted molar refractivity (Wildman–Crippen MR) is 82.6 cm³/mol. The lowest BCUT2D eigenvalue weighted by atomic mass is 9.87. The topological polar surface area (TPSA) is 52.6 Å². The maximum atomic E-state index is 11.9. The summed E-state index contributed by atoms with van der Waals surface area (Å²) >= 11 is 0. The van der Waals surface area contributed by atoms with Crippen molar-refractivity contribution in [2.45, 2.75) is 64.9 Å². The molecule has 0 heterocycles. The first-order chi connectivity index (χ1) is 9.40. The molecule has 0 aromatic rings. The molecule has 4 nitrogen and oxygen atoms in total. The van der Waals surface area contributed by atoms with Crippen LogP contribution in [0.4, 0.5) is 0 Å². The van der Waals surface area contributed by atoms with Crippen LogP contribution in [0.1, 0.15) is 59.3 Å². The monoisotopic (exact) mass is 284 g/mol. The zero-order valence-corrected chi connectivity index (χ0v) is 13.5. The number of nitrogens with one attached hydrogen (secondary N) is 1. The Morgan fingerprint density at radius 1 is 1.30 bits per heavy atom. The molecule has 0 aromatic carbocycles. The largest absolute Gasteiger partial charge is 0.389 e. The first-order valence-electron chi connectivity index (χ1n) is 8.12. The van der Waals surface area contributed by atoms with Gasteiger partial charge in [-0.2, -0.15) is 0 Å². The fraction of sp³-hybridized carbons (Fsp3) is 0.938. The van der Waals surface area contributed by atoms with E-state index < -0.39 is 5.60 Å². The second-order valence-corrected chi connectivity index (χ2v) is 6.76. The van der Waals surface area contributed by atoms with E-state index in [4.69, 9.17) is 0 Å². The second-order valence-electron chi connectivity index (χ2n) is 6.76. The number of amides is 1. The lowest BCUT2D eigenvalue weighted by Gasteiger charge is -2.27. The molecule has 20 heavy (non-hydrogen) atoms. The summed E-state index contributed by atoms with van der Waals surface area (Å²) in [4.78, 5) is 13.9. The van der Waals surface area contributed by atoms with Crippen LogP contribution in [0.5, 0.6) is 0 Å². The highest BCUT2D eigenvalue weighted by Gasteiger charge is 2.19. The fourth-order valence-electron chi connectivity index (χ4n) is 2.98. The van der Waals surface area contributed by atoms with Gasteiger partial charge in [-0.1, -0.05) is 39.0 Å². The van der Waals surface area contributed by atoms with Crippen LogP contribution in [0.25, 0.3) is 0 Å². The van der Waals surface area contributed by atoms with Gasteiger partial charge in [0.25, 0.3) is 0 Å². The van der Waals surface area contributed by atoms with Crippen molar-refractivity contribution in [3.05, 3.63) is 0 Å². The van der Waals surface area contributed by atoms with Crippen LogP contribution in [0.15, 0.2) is 0 Å². The highest BCUT2D eigenvalue weighted by molar-refractivity contribution is 5.77. The van der Waals surface area contributed by atoms with Crippen molar-refractivity contribution in [3.8, 4) is 0 Å². The third kappa shape index (κ3) is 7.85. The number of nitrogens with zero attached hydrogens (tertiary/aromatic N) is 1. The van der Waals surface area contributed by atoms with Gasteiger partial charge in [-0.25, -0.2) is 0 Å². The Morgan fingerprint density at radius 2 is 1.95 bits per heavy atom. The molecule has 4 heteroatoms. The van der Waals surface area contributed by atoms with Gasteiger partial charge >= 0.3 is 0 Å². The van der Waals surface area contributed by atoms with Crippen molar-refractivity contribution in [1.29, 1.82) is 0 Å². The number of hydrogen-bond donors (Lipinski definition) is 2. The number of hydrogen-bond acceptors (Lipinski definition) is 3. The van der Waals surface area contributed by atoms with Gasteiger partial charge < -0.3 is 10.4 Å². The van der Waals surface area contributed by atoms with Gasteiger partial charge in [-0.05, 0) is 32.7 Å². The van der Waals surface area contributed by atoms with Crippen molar-refractivity contribution in [3.63, 3.8) is 0 Å². The van der Waals surface area contributed by atoms with Crippen LogP contribution in [-0.4, -0.2) is 47.7 Å². The number of aliphatic hydroxyl groups is 1. The summed E-state index contributed by atoms with van der Waals surface area (Å²) < 4.78 is 0. The Labute approximate surface area is 123 Å². The summed E-state index contributed by atoms with van der Waals surface area (Å²) in [5, 5.41) is 12.8. The molecule has 118 valence electrons. The van der Waals surface area contributed by atoms with E-state index in [0.717, 1.165) is 25.4 Å². The van der Waals surface area contributed by atoms with E-state index in [9.17, 15) is 9.90 Å². The zero-order valence-electron chi connectivity index (χ0n) is 13.5. The minimum absolute atomic E-state index is 0.0758. The molecule has 0 radical (unpaired) electrons. The standard InChI is InChI=1S/C16H32N2O2/c1-4-18(13-16(2,3)20)12-15(19)17-11-10-14-8-6-5-7-9-14/h14,20H,4-13H2,1-3H3,(H,17,19). The molecule has 1 rings (SSSR count). The lowest BCUT2D eigenvalue weighted by molar-refractivity contribution is -0.122. The summed E-state index contributed by atoms with van der Waals surface area (Å²) in [6, 6.07) is 0. The van der Waals surface area contributed by atoms with Gasteiger partial charge in [0.05, 0.1) is 12.1 Å². The highest BCUT2D eigenvalue weighted by atomic mass is 16.3. The molecule has 2 N–H and O–H groups in total. The maximum absolute atomic E-state index is 11.9. The van der Waals surface area contributed by atoms with Crippen molar-refractivity contribution >= 4 is 5.91 Å². The van der Waals surface area contributed by atoms with E-state index >= 15 is 0 Å². The summed E-state index contributed by atoms with van der Waals surface area (Å²) in [5.74, 6) is 0.884. The Bertz CT molecular complexity index is 281. The van der Waals surface area contributed by atoms with Gasteiger partial charge in [-0.15, -0.1) is 0 Å². The Morgan fingerprint density at radius 3 is 2.50 bits per heavy atom. The van der Waals surface area contributed by atoms with Crippen LogP contribution in [0.3, 0.4) is 0 Å². The third-order valence-electron chi connectivity index (χ3n) is 4.02. The molecule has 0 spiro atoms. The van der Waals surface area contributed by atoms with E-state index in [-0.39, 0.29) is 5.91 Å². The SMILES string of the molecule is CCN(CC(=O)NCCC1CCCCC1)CC(C)(C)O. The molecular formula is C16H32N2O2. The summed E-state index contributed by atoms with van der Waals surface area (Å²) in [6.07, 6.45) is 7.86. The molecule has 0 aromatic heterocycles. The summed E-state index contributed by atoms with van der Waals surface area (Å²) in [5.41, 5.74) is -0.752. The fourth-order valence-corrected chi connectivity index (χ4v) is 2.98. The van der Waals surface area contributed by atoms with E-state index in [1.165, 1.54) is 32.1 Å². The van der Waals surface area contributed by atoms with Crippen molar-refractivity contribution in [2.75, 3.05) is 26.2 Å². The average Bonchev–Trinajstić information content (AvgIpc) is 2.37. The van der Waals surface area contributed by atoms with Gasteiger partial charge in [0.1, 0.15) is 0 Å². The number of rotatable bonds is 8. The molecule has 0 aliphatic heterocycles. The van der Waals surface area contributed by atoms with E-state index in [1.807, 2.05) is 11.8 Å². The minimum Gasteiger partial charge on any atom is -0.389 e. The Kier molecular flexibility index (Phi) is 7.52. The Balaban J connectivity index is 2.17. The quantitative estimate of drug-likeness (QED) is 0.718. The highest BCUT2D eigenvalue weighted by Crippen LogP contribution is 2.25. The van der Waals surface area contributed by atoms with Gasteiger partial charge in [0.15, 0.2) is 0 Å². The van der Waals surface area contributed by atoms with E-state index in [1.54, 1.807) is 13.8 Å². The zero-order chi connectivity index (χ0) is 15.0. The number of carbonyl (C=O) groups excluding carboxylic acids is 1. The first-order valence-corrected chi connectivity index (χ1v) is 8.12. The predicted octanol–water partition coefficient (Wildman–Crippen LogP) is 2.17. The first kappa shape index (κ1) is 17.4. The average molecular weight is 284 g/mol. The molecule has 1 amide bonds. The van der Waals surface area contributed by atoms with Gasteiger partial charge in [0, 0.05) is 13.1 Å². The van der Waals surface area contributed by atoms with Crippen LogP contribution in [0.2, 0.25) is 0 Å². The van der Waals surface area contributed by atoms with Crippen molar-refractivity contribution in [2.24, 2.45) is 5.92 Å². The summed E-state index contributed by atoms with van der Waals surface area (Å²) in [7, 11) is 0. The maximum Gasteiger partial charge on any atom is 0.234 e. The Hall–Kier alpha value is -0.610. The second kappa shape index (κ2) is 8.63. The molecule has 0 bridgehead atoms. The molecule has 1 aliphatic carbocycles. The van der Waals surface area contributed by atoms with E-state index in [0.29, 0.717) is 13.1 Å². The minimum atomic E-state index is -0.752. The van der Waals surface area contributed by atoms with Crippen LogP contribution < -0.4 is 5.32 Å².